The number of ether oxygens (including phenoxy) is 1. The summed E-state index contributed by atoms with van der Waals surface area (Å²) in [6, 6.07) is 4.06. The number of aliphatic carboxylic acids is 1. The molecule has 0 bridgehead atoms. The molecule has 0 radical (unpaired) electrons. The third-order valence-electron chi connectivity index (χ3n) is 3.63. The Morgan fingerprint density at radius 3 is 2.52 bits per heavy atom. The molecule has 0 spiro atoms. The lowest BCUT2D eigenvalue weighted by molar-refractivity contribution is -0.141. The summed E-state index contributed by atoms with van der Waals surface area (Å²) in [5.74, 6) is -1.46. The quantitative estimate of drug-likeness (QED) is 0.919. The topological polar surface area (TPSA) is 70.1 Å². The molecule has 21 heavy (non-hydrogen) atoms. The van der Waals surface area contributed by atoms with Crippen LogP contribution >= 0.6 is 0 Å². The number of urea groups is 1. The molecule has 1 aromatic rings. The van der Waals surface area contributed by atoms with Gasteiger partial charge >= 0.3 is 12.0 Å². The van der Waals surface area contributed by atoms with Crippen LogP contribution in [0.3, 0.4) is 0 Å². The Morgan fingerprint density at radius 1 is 1.38 bits per heavy atom. The highest BCUT2D eigenvalue weighted by atomic mass is 19.1. The van der Waals surface area contributed by atoms with Gasteiger partial charge in [0.25, 0.3) is 0 Å². The van der Waals surface area contributed by atoms with Gasteiger partial charge in [-0.3, -0.25) is 4.90 Å². The van der Waals surface area contributed by atoms with Crippen LogP contribution in [-0.4, -0.2) is 54.9 Å². The minimum atomic E-state index is -1.06. The summed E-state index contributed by atoms with van der Waals surface area (Å²) in [6.07, 6.45) is -0.0360. The molecular weight excluding hydrogens is 279 g/mol. The first-order valence-electron chi connectivity index (χ1n) is 6.49. The Balaban J connectivity index is 2.17. The van der Waals surface area contributed by atoms with E-state index in [-0.39, 0.29) is 19.1 Å². The summed E-state index contributed by atoms with van der Waals surface area (Å²) < 4.78 is 18.1. The van der Waals surface area contributed by atoms with Crippen molar-refractivity contribution < 1.29 is 23.8 Å². The van der Waals surface area contributed by atoms with Crippen molar-refractivity contribution in [1.82, 2.24) is 4.90 Å². The number of nitrogens with zero attached hydrogens (tertiary/aromatic N) is 2. The lowest BCUT2D eigenvalue weighted by Crippen LogP contribution is -2.47. The normalized spacial score (nSPS) is 21.4. The summed E-state index contributed by atoms with van der Waals surface area (Å²) in [5, 5.41) is 9.22. The van der Waals surface area contributed by atoms with E-state index in [1.807, 2.05) is 0 Å². The predicted octanol–water partition coefficient (Wildman–Crippen LogP) is 1.56. The Morgan fingerprint density at radius 2 is 2.00 bits per heavy atom. The van der Waals surface area contributed by atoms with Crippen LogP contribution in [0.25, 0.3) is 0 Å². The van der Waals surface area contributed by atoms with Crippen LogP contribution in [0.5, 0.6) is 0 Å². The number of rotatable bonds is 3. The number of amides is 2. The van der Waals surface area contributed by atoms with Gasteiger partial charge in [-0.25, -0.2) is 14.0 Å². The van der Waals surface area contributed by atoms with Gasteiger partial charge in [-0.1, -0.05) is 0 Å². The van der Waals surface area contributed by atoms with Crippen LogP contribution in [0, 0.1) is 5.82 Å². The summed E-state index contributed by atoms with van der Waals surface area (Å²) in [7, 11) is 3.01. The van der Waals surface area contributed by atoms with Gasteiger partial charge in [0.15, 0.2) is 0 Å². The average molecular weight is 296 g/mol. The van der Waals surface area contributed by atoms with Crippen LogP contribution < -0.4 is 4.90 Å². The molecule has 7 heteroatoms. The van der Waals surface area contributed by atoms with Gasteiger partial charge in [0.2, 0.25) is 0 Å². The van der Waals surface area contributed by atoms with Crippen molar-refractivity contribution in [2.24, 2.45) is 0 Å². The number of hydrogen-bond acceptors (Lipinski definition) is 3. The van der Waals surface area contributed by atoms with Gasteiger partial charge in [0.1, 0.15) is 11.9 Å². The Bertz CT molecular complexity index is 534. The third kappa shape index (κ3) is 3.13. The molecular formula is C14H17FN2O4. The average Bonchev–Trinajstić information content (AvgIpc) is 2.91. The maximum Gasteiger partial charge on any atom is 0.326 e. The van der Waals surface area contributed by atoms with Crippen molar-refractivity contribution in [2.45, 2.75) is 18.6 Å². The zero-order valence-corrected chi connectivity index (χ0v) is 11.8. The highest BCUT2D eigenvalue weighted by Crippen LogP contribution is 2.23. The number of anilines is 1. The minimum absolute atomic E-state index is 0.220. The van der Waals surface area contributed by atoms with E-state index in [9.17, 15) is 19.1 Å². The molecule has 1 N–H and O–H groups in total. The highest BCUT2D eigenvalue weighted by molar-refractivity contribution is 5.94. The van der Waals surface area contributed by atoms with Crippen LogP contribution in [0.15, 0.2) is 24.3 Å². The summed E-state index contributed by atoms with van der Waals surface area (Å²) in [5.41, 5.74) is 0.492. The van der Waals surface area contributed by atoms with Gasteiger partial charge < -0.3 is 14.7 Å². The van der Waals surface area contributed by atoms with E-state index >= 15 is 0 Å². The van der Waals surface area contributed by atoms with Gasteiger partial charge in [0.05, 0.1) is 6.10 Å². The predicted molar refractivity (Wildman–Crippen MR) is 73.7 cm³/mol. The third-order valence-corrected chi connectivity index (χ3v) is 3.63. The van der Waals surface area contributed by atoms with Gasteiger partial charge in [-0.2, -0.15) is 0 Å². The minimum Gasteiger partial charge on any atom is -0.480 e. The van der Waals surface area contributed by atoms with Crippen LogP contribution in [0.2, 0.25) is 0 Å². The highest BCUT2D eigenvalue weighted by Gasteiger charge is 2.41. The summed E-state index contributed by atoms with van der Waals surface area (Å²) >= 11 is 0. The summed E-state index contributed by atoms with van der Waals surface area (Å²) in [6.45, 7) is 0.220. The van der Waals surface area contributed by atoms with E-state index in [1.54, 1.807) is 0 Å². The van der Waals surface area contributed by atoms with E-state index < -0.39 is 23.9 Å². The Kier molecular flexibility index (Phi) is 4.42. The Hall–Kier alpha value is -2.15. The van der Waals surface area contributed by atoms with E-state index in [1.165, 1.54) is 48.2 Å². The largest absolute Gasteiger partial charge is 0.480 e. The molecule has 2 atom stereocenters. The number of carbonyl (C=O) groups excluding carboxylic acids is 1. The number of likely N-dealkylation sites (tertiary alicyclic amines) is 1. The number of carbonyl (C=O) groups is 2. The number of hydrogen-bond donors (Lipinski definition) is 1. The SMILES string of the molecule is COC1CC(C(=O)O)N(C(=O)N(C)c2ccc(F)cc2)C1. The second-order valence-corrected chi connectivity index (χ2v) is 4.92. The second kappa shape index (κ2) is 6.09. The second-order valence-electron chi connectivity index (χ2n) is 4.92. The number of carboxylic acid groups (broad SMARTS) is 1. The fourth-order valence-corrected chi connectivity index (χ4v) is 2.38. The molecule has 1 saturated heterocycles. The fourth-order valence-electron chi connectivity index (χ4n) is 2.38. The molecule has 114 valence electrons. The zero-order chi connectivity index (χ0) is 15.6. The maximum absolute atomic E-state index is 12.9. The van der Waals surface area contributed by atoms with Crippen molar-refractivity contribution >= 4 is 17.7 Å². The van der Waals surface area contributed by atoms with Gasteiger partial charge in [-0.15, -0.1) is 0 Å². The molecule has 2 rings (SSSR count). The summed E-state index contributed by atoms with van der Waals surface area (Å²) in [4.78, 5) is 26.3. The van der Waals surface area contributed by atoms with Crippen LogP contribution in [0.4, 0.5) is 14.9 Å². The molecule has 1 aliphatic heterocycles. The van der Waals surface area contributed by atoms with Crippen molar-refractivity contribution in [3.05, 3.63) is 30.1 Å². The molecule has 0 aromatic heterocycles. The molecule has 2 amide bonds. The molecule has 0 saturated carbocycles. The lowest BCUT2D eigenvalue weighted by Gasteiger charge is -2.27. The standard InChI is InChI=1S/C14H17FN2O4/c1-16(10-5-3-9(15)4-6-10)14(20)17-8-11(21-2)7-12(17)13(18)19/h3-6,11-12H,7-8H2,1-2H3,(H,18,19). The van der Waals surface area contributed by atoms with E-state index in [0.29, 0.717) is 5.69 Å². The molecule has 1 aliphatic rings. The van der Waals surface area contributed by atoms with Crippen molar-refractivity contribution in [1.29, 1.82) is 0 Å². The molecule has 1 fully saturated rings. The lowest BCUT2D eigenvalue weighted by atomic mass is 10.2. The first kappa shape index (κ1) is 15.2. The maximum atomic E-state index is 12.9. The molecule has 2 unspecified atom stereocenters. The van der Waals surface area contributed by atoms with E-state index in [0.717, 1.165) is 0 Å². The first-order chi connectivity index (χ1) is 9.93. The molecule has 1 aromatic carbocycles. The number of benzene rings is 1. The van der Waals surface area contributed by atoms with Crippen molar-refractivity contribution in [3.8, 4) is 0 Å². The van der Waals surface area contributed by atoms with Gasteiger partial charge in [-0.05, 0) is 24.3 Å². The zero-order valence-electron chi connectivity index (χ0n) is 11.8. The fraction of sp³-hybridized carbons (Fsp3) is 0.429. The Labute approximate surface area is 121 Å². The van der Waals surface area contributed by atoms with Crippen molar-refractivity contribution in [2.75, 3.05) is 25.6 Å². The van der Waals surface area contributed by atoms with Gasteiger partial charge in [0, 0.05) is 32.8 Å². The van der Waals surface area contributed by atoms with E-state index in [4.69, 9.17) is 4.74 Å². The molecule has 1 heterocycles. The number of carboxylic acids is 1. The molecule has 0 aliphatic carbocycles. The van der Waals surface area contributed by atoms with Crippen LogP contribution in [-0.2, 0) is 9.53 Å². The smallest absolute Gasteiger partial charge is 0.326 e. The van der Waals surface area contributed by atoms with Crippen LogP contribution in [0.1, 0.15) is 6.42 Å². The van der Waals surface area contributed by atoms with E-state index in [2.05, 4.69) is 0 Å². The number of methoxy groups -OCH3 is 1. The number of halogens is 1. The monoisotopic (exact) mass is 296 g/mol. The first-order valence-corrected chi connectivity index (χ1v) is 6.49. The molecule has 6 nitrogen and oxygen atoms in total. The van der Waals surface area contributed by atoms with Crippen molar-refractivity contribution in [3.63, 3.8) is 0 Å².